The zero-order valence-corrected chi connectivity index (χ0v) is 11.8. The van der Waals surface area contributed by atoms with Crippen molar-refractivity contribution in [3.05, 3.63) is 23.2 Å². The van der Waals surface area contributed by atoms with Crippen LogP contribution in [0.15, 0.2) is 23.3 Å². The minimum absolute atomic E-state index is 0.0632. The van der Waals surface area contributed by atoms with Crippen LogP contribution < -0.4 is 16.1 Å². The summed E-state index contributed by atoms with van der Waals surface area (Å²) >= 11 is 6.04. The van der Waals surface area contributed by atoms with Crippen LogP contribution in [0.25, 0.3) is 0 Å². The lowest BCUT2D eigenvalue weighted by atomic mass is 10.2. The summed E-state index contributed by atoms with van der Waals surface area (Å²) in [6, 6.07) is 6.75. The molecule has 1 aromatic rings. The minimum Gasteiger partial charge on any atom is -0.382 e. The number of nitrogens with zero attached hydrogens (tertiary/aromatic N) is 3. The van der Waals surface area contributed by atoms with Gasteiger partial charge in [0.05, 0.1) is 10.7 Å². The number of hydrazone groups is 1. The van der Waals surface area contributed by atoms with E-state index in [1.54, 1.807) is 29.2 Å². The summed E-state index contributed by atoms with van der Waals surface area (Å²) < 4.78 is 0. The summed E-state index contributed by atoms with van der Waals surface area (Å²) in [4.78, 5) is 13.4. The lowest BCUT2D eigenvalue weighted by Crippen LogP contribution is -2.23. The van der Waals surface area contributed by atoms with E-state index in [2.05, 4.69) is 10.5 Å². The number of nitrogens with one attached hydrogen (secondary N) is 2. The van der Waals surface area contributed by atoms with Gasteiger partial charge in [-0.3, -0.25) is 15.6 Å². The van der Waals surface area contributed by atoms with Crippen molar-refractivity contribution in [3.8, 4) is 6.07 Å². The molecule has 108 valence electrons. The van der Waals surface area contributed by atoms with Gasteiger partial charge in [0.1, 0.15) is 6.07 Å². The molecule has 0 spiro atoms. The molecule has 0 unspecified atom stereocenters. The molecule has 1 aliphatic rings. The zero-order chi connectivity index (χ0) is 15.4. The summed E-state index contributed by atoms with van der Waals surface area (Å²) in [6.45, 7) is 0.667. The Balaban J connectivity index is 2.26. The number of nitriles is 1. The molecular weight excluding hydrogens is 292 g/mol. The van der Waals surface area contributed by atoms with E-state index in [0.717, 1.165) is 6.42 Å². The van der Waals surface area contributed by atoms with E-state index in [1.165, 1.54) is 0 Å². The number of carbonyl (C=O) groups excluding carboxylic acids is 1. The van der Waals surface area contributed by atoms with Crippen LogP contribution in [-0.4, -0.2) is 24.0 Å². The summed E-state index contributed by atoms with van der Waals surface area (Å²) in [7, 11) is 0. The van der Waals surface area contributed by atoms with Gasteiger partial charge in [0.15, 0.2) is 5.84 Å². The first kappa shape index (κ1) is 14.8. The molecule has 7 nitrogen and oxygen atoms in total. The van der Waals surface area contributed by atoms with Gasteiger partial charge < -0.3 is 10.6 Å². The average Bonchev–Trinajstić information content (AvgIpc) is 2.87. The van der Waals surface area contributed by atoms with E-state index in [1.807, 2.05) is 0 Å². The Morgan fingerprint density at radius 1 is 1.57 bits per heavy atom. The highest BCUT2D eigenvalue weighted by Crippen LogP contribution is 2.29. The number of amidine groups is 1. The van der Waals surface area contributed by atoms with Crippen molar-refractivity contribution < 1.29 is 4.79 Å². The van der Waals surface area contributed by atoms with Gasteiger partial charge in [-0.2, -0.15) is 10.4 Å². The van der Waals surface area contributed by atoms with Crippen LogP contribution in [0, 0.1) is 16.7 Å². The second kappa shape index (κ2) is 6.24. The number of rotatable bonds is 4. The van der Waals surface area contributed by atoms with E-state index < -0.39 is 5.84 Å². The molecule has 2 rings (SSSR count). The molecule has 1 aromatic carbocycles. The molecule has 0 bridgehead atoms. The van der Waals surface area contributed by atoms with Gasteiger partial charge in [-0.1, -0.05) is 11.6 Å². The number of nitrogens with two attached hydrogens (primary N) is 1. The van der Waals surface area contributed by atoms with Crippen LogP contribution in [0.3, 0.4) is 0 Å². The number of amides is 1. The summed E-state index contributed by atoms with van der Waals surface area (Å²) in [5, 5.41) is 20.1. The smallest absolute Gasteiger partial charge is 0.227 e. The molecule has 0 atom stereocenters. The van der Waals surface area contributed by atoms with Crippen LogP contribution in [0.5, 0.6) is 0 Å². The number of benzene rings is 1. The number of carbonyl (C=O) groups is 1. The predicted octanol–water partition coefficient (Wildman–Crippen LogP) is 1.69. The highest BCUT2D eigenvalue weighted by Gasteiger charge is 2.22. The topological polar surface area (TPSA) is 118 Å². The summed E-state index contributed by atoms with van der Waals surface area (Å²) in [5.41, 5.74) is 8.70. The second-order valence-corrected chi connectivity index (χ2v) is 4.82. The molecule has 0 aliphatic carbocycles. The number of hydrogen-bond acceptors (Lipinski definition) is 5. The van der Waals surface area contributed by atoms with Gasteiger partial charge in [-0.25, -0.2) is 0 Å². The van der Waals surface area contributed by atoms with Gasteiger partial charge in [0, 0.05) is 18.7 Å². The molecule has 0 radical (unpaired) electrons. The Morgan fingerprint density at radius 2 is 2.33 bits per heavy atom. The van der Waals surface area contributed by atoms with E-state index in [0.29, 0.717) is 29.4 Å². The summed E-state index contributed by atoms with van der Waals surface area (Å²) in [6.07, 6.45) is 1.36. The fourth-order valence-electron chi connectivity index (χ4n) is 1.95. The van der Waals surface area contributed by atoms with Crippen LogP contribution in [0.1, 0.15) is 12.8 Å². The highest BCUT2D eigenvalue weighted by atomic mass is 35.5. The lowest BCUT2D eigenvalue weighted by Gasteiger charge is -2.17. The SMILES string of the molecule is N#C/C(=N\Nc1cc(N2CCCC2=O)ccc1Cl)C(=N)N. The van der Waals surface area contributed by atoms with E-state index in [9.17, 15) is 4.79 Å². The third-order valence-electron chi connectivity index (χ3n) is 2.98. The number of halogens is 1. The molecule has 1 heterocycles. The highest BCUT2D eigenvalue weighted by molar-refractivity contribution is 6.46. The van der Waals surface area contributed by atoms with Crippen molar-refractivity contribution in [3.63, 3.8) is 0 Å². The number of hydrogen-bond donors (Lipinski definition) is 3. The fourth-order valence-corrected chi connectivity index (χ4v) is 2.11. The van der Waals surface area contributed by atoms with E-state index in [4.69, 9.17) is 28.0 Å². The van der Waals surface area contributed by atoms with Gasteiger partial charge >= 0.3 is 0 Å². The quantitative estimate of drug-likeness (QED) is 0.445. The van der Waals surface area contributed by atoms with Crippen LogP contribution in [0.2, 0.25) is 5.02 Å². The Labute approximate surface area is 126 Å². The van der Waals surface area contributed by atoms with Crippen molar-refractivity contribution in [2.45, 2.75) is 12.8 Å². The molecule has 0 saturated carbocycles. The fraction of sp³-hybridized carbons (Fsp3) is 0.231. The molecule has 1 saturated heterocycles. The number of anilines is 2. The predicted molar refractivity (Wildman–Crippen MR) is 81.6 cm³/mol. The first-order valence-corrected chi connectivity index (χ1v) is 6.59. The van der Waals surface area contributed by atoms with Crippen molar-refractivity contribution in [1.29, 1.82) is 10.7 Å². The molecule has 1 aliphatic heterocycles. The molecule has 21 heavy (non-hydrogen) atoms. The standard InChI is InChI=1S/C13H13ClN6O/c14-9-4-3-8(20-5-1-2-12(20)21)6-10(9)18-19-11(7-15)13(16)17/h3-4,6,18H,1-2,5H2,(H3,16,17)/b19-11+. The Kier molecular flexibility index (Phi) is 4.40. The molecular formula is C13H13ClN6O. The van der Waals surface area contributed by atoms with Gasteiger partial charge in [-0.05, 0) is 24.6 Å². The van der Waals surface area contributed by atoms with Crippen LogP contribution in [-0.2, 0) is 4.79 Å². The minimum atomic E-state index is -0.438. The van der Waals surface area contributed by atoms with E-state index >= 15 is 0 Å². The normalized spacial score (nSPS) is 15.0. The Bertz CT molecular complexity index is 663. The van der Waals surface area contributed by atoms with E-state index in [-0.39, 0.29) is 11.6 Å². The lowest BCUT2D eigenvalue weighted by molar-refractivity contribution is -0.117. The monoisotopic (exact) mass is 304 g/mol. The molecule has 1 fully saturated rings. The first-order chi connectivity index (χ1) is 10.0. The Hall–Kier alpha value is -2.59. The Morgan fingerprint density at radius 3 is 2.90 bits per heavy atom. The maximum Gasteiger partial charge on any atom is 0.227 e. The third-order valence-corrected chi connectivity index (χ3v) is 3.31. The summed E-state index contributed by atoms with van der Waals surface area (Å²) in [5.74, 6) is -0.375. The largest absolute Gasteiger partial charge is 0.382 e. The maximum atomic E-state index is 11.7. The van der Waals surface area contributed by atoms with Crippen LogP contribution >= 0.6 is 11.6 Å². The van der Waals surface area contributed by atoms with Crippen LogP contribution in [0.4, 0.5) is 11.4 Å². The second-order valence-electron chi connectivity index (χ2n) is 4.41. The van der Waals surface area contributed by atoms with Crippen molar-refractivity contribution in [1.82, 2.24) is 0 Å². The van der Waals surface area contributed by atoms with Gasteiger partial charge in [-0.15, -0.1) is 0 Å². The molecule has 1 amide bonds. The zero-order valence-electron chi connectivity index (χ0n) is 11.1. The molecule has 0 aromatic heterocycles. The van der Waals surface area contributed by atoms with Crippen molar-refractivity contribution in [2.24, 2.45) is 10.8 Å². The first-order valence-electron chi connectivity index (χ1n) is 6.21. The average molecular weight is 305 g/mol. The molecule has 4 N–H and O–H groups in total. The van der Waals surface area contributed by atoms with Gasteiger partial charge in [0.2, 0.25) is 11.6 Å². The molecule has 8 heteroatoms. The van der Waals surface area contributed by atoms with Crippen molar-refractivity contribution in [2.75, 3.05) is 16.9 Å². The van der Waals surface area contributed by atoms with Crippen molar-refractivity contribution >= 4 is 40.4 Å². The third kappa shape index (κ3) is 3.30. The van der Waals surface area contributed by atoms with Gasteiger partial charge in [0.25, 0.3) is 0 Å². The maximum absolute atomic E-state index is 11.7.